The van der Waals surface area contributed by atoms with Crippen LogP contribution in [0.15, 0.2) is 0 Å². The molecule has 0 aromatic heterocycles. The number of carbonyl (C=O) groups is 2. The largest absolute Gasteiger partial charge is 0.465 e. The van der Waals surface area contributed by atoms with Crippen molar-refractivity contribution in [3.63, 3.8) is 0 Å². The average molecular weight is 230 g/mol. The van der Waals surface area contributed by atoms with E-state index in [1.54, 1.807) is 6.92 Å². The maximum Gasteiger partial charge on any atom is 0.319 e. The van der Waals surface area contributed by atoms with Crippen LogP contribution in [0.1, 0.15) is 33.6 Å². The molecular weight excluding hydrogens is 208 g/mol. The van der Waals surface area contributed by atoms with Crippen LogP contribution in [0.3, 0.4) is 0 Å². The first-order valence-corrected chi connectivity index (χ1v) is 5.75. The van der Waals surface area contributed by atoms with Gasteiger partial charge in [0, 0.05) is 19.0 Å². The predicted molar refractivity (Wildman–Crippen MR) is 62.0 cm³/mol. The van der Waals surface area contributed by atoms with E-state index in [0.29, 0.717) is 19.6 Å². The lowest BCUT2D eigenvalue weighted by atomic mass is 10.2. The zero-order valence-electron chi connectivity index (χ0n) is 10.3. The molecule has 0 aliphatic carbocycles. The Bertz CT molecular complexity index is 219. The molecule has 1 atom stereocenters. The summed E-state index contributed by atoms with van der Waals surface area (Å²) in [5, 5.41) is 5.70. The highest BCUT2D eigenvalue weighted by molar-refractivity contribution is 5.76. The van der Waals surface area contributed by atoms with Crippen LogP contribution in [-0.4, -0.2) is 37.6 Å². The number of ether oxygens (including phenoxy) is 1. The minimum Gasteiger partial charge on any atom is -0.465 e. The Kier molecular flexibility index (Phi) is 8.52. The molecule has 2 N–H and O–H groups in total. The van der Waals surface area contributed by atoms with Crippen LogP contribution in [0.5, 0.6) is 0 Å². The number of rotatable bonds is 8. The summed E-state index contributed by atoms with van der Waals surface area (Å²) < 4.78 is 4.73. The van der Waals surface area contributed by atoms with E-state index < -0.39 is 0 Å². The molecule has 0 radical (unpaired) electrons. The summed E-state index contributed by atoms with van der Waals surface area (Å²) in [7, 11) is 0. The van der Waals surface area contributed by atoms with Crippen LogP contribution in [-0.2, 0) is 14.3 Å². The number of amides is 1. The Balaban J connectivity index is 3.44. The molecule has 5 heteroatoms. The van der Waals surface area contributed by atoms with Gasteiger partial charge in [-0.1, -0.05) is 6.92 Å². The zero-order valence-corrected chi connectivity index (χ0v) is 10.3. The predicted octanol–water partition coefficient (Wildman–Crippen LogP) is 0.444. The van der Waals surface area contributed by atoms with E-state index in [4.69, 9.17) is 4.74 Å². The van der Waals surface area contributed by atoms with Gasteiger partial charge < -0.3 is 15.4 Å². The number of carbonyl (C=O) groups excluding carboxylic acids is 2. The monoisotopic (exact) mass is 230 g/mol. The molecule has 0 bridgehead atoms. The van der Waals surface area contributed by atoms with E-state index in [-0.39, 0.29) is 24.5 Å². The Labute approximate surface area is 96.9 Å². The maximum atomic E-state index is 11.3. The SMILES string of the molecule is CCOC(=O)CNCCC(=O)NC(C)CC. The highest BCUT2D eigenvalue weighted by Crippen LogP contribution is 1.89. The topological polar surface area (TPSA) is 67.4 Å². The lowest BCUT2D eigenvalue weighted by Crippen LogP contribution is -2.35. The van der Waals surface area contributed by atoms with Crippen molar-refractivity contribution in [1.29, 1.82) is 0 Å². The summed E-state index contributed by atoms with van der Waals surface area (Å²) in [4.78, 5) is 22.2. The van der Waals surface area contributed by atoms with Crippen molar-refractivity contribution in [2.45, 2.75) is 39.7 Å². The number of hydrogen-bond donors (Lipinski definition) is 2. The van der Waals surface area contributed by atoms with Gasteiger partial charge in [0.2, 0.25) is 5.91 Å². The van der Waals surface area contributed by atoms with Crippen LogP contribution in [0.2, 0.25) is 0 Å². The van der Waals surface area contributed by atoms with Crippen molar-refractivity contribution in [2.24, 2.45) is 0 Å². The summed E-state index contributed by atoms with van der Waals surface area (Å²) in [6.45, 7) is 6.77. The summed E-state index contributed by atoms with van der Waals surface area (Å²) in [6.07, 6.45) is 1.30. The summed E-state index contributed by atoms with van der Waals surface area (Å²) >= 11 is 0. The van der Waals surface area contributed by atoms with E-state index in [2.05, 4.69) is 10.6 Å². The summed E-state index contributed by atoms with van der Waals surface area (Å²) in [6, 6.07) is 0.206. The van der Waals surface area contributed by atoms with Gasteiger partial charge in [0.25, 0.3) is 0 Å². The lowest BCUT2D eigenvalue weighted by Gasteiger charge is -2.11. The minimum atomic E-state index is -0.287. The first-order valence-electron chi connectivity index (χ1n) is 5.75. The third-order valence-electron chi connectivity index (χ3n) is 2.12. The lowest BCUT2D eigenvalue weighted by molar-refractivity contribution is -0.142. The molecule has 0 saturated carbocycles. The molecule has 0 heterocycles. The third kappa shape index (κ3) is 8.23. The van der Waals surface area contributed by atoms with Gasteiger partial charge in [-0.3, -0.25) is 9.59 Å². The van der Waals surface area contributed by atoms with Gasteiger partial charge in [-0.05, 0) is 20.3 Å². The number of nitrogens with one attached hydrogen (secondary N) is 2. The molecule has 0 aliphatic rings. The molecule has 0 saturated heterocycles. The smallest absolute Gasteiger partial charge is 0.319 e. The van der Waals surface area contributed by atoms with Gasteiger partial charge in [-0.15, -0.1) is 0 Å². The fourth-order valence-corrected chi connectivity index (χ4v) is 1.05. The van der Waals surface area contributed by atoms with Gasteiger partial charge >= 0.3 is 5.97 Å². The molecule has 0 spiro atoms. The van der Waals surface area contributed by atoms with Crippen molar-refractivity contribution >= 4 is 11.9 Å². The van der Waals surface area contributed by atoms with E-state index >= 15 is 0 Å². The highest BCUT2D eigenvalue weighted by Gasteiger charge is 2.05. The zero-order chi connectivity index (χ0) is 12.4. The third-order valence-corrected chi connectivity index (χ3v) is 2.12. The van der Waals surface area contributed by atoms with E-state index in [9.17, 15) is 9.59 Å². The molecule has 0 fully saturated rings. The summed E-state index contributed by atoms with van der Waals surface area (Å²) in [5.41, 5.74) is 0. The van der Waals surface area contributed by atoms with Gasteiger partial charge in [-0.25, -0.2) is 0 Å². The van der Waals surface area contributed by atoms with Gasteiger partial charge in [0.1, 0.15) is 0 Å². The number of esters is 1. The molecule has 1 unspecified atom stereocenters. The quantitative estimate of drug-likeness (QED) is 0.469. The molecule has 1 amide bonds. The molecule has 0 rings (SSSR count). The Morgan fingerprint density at radius 1 is 1.31 bits per heavy atom. The Morgan fingerprint density at radius 2 is 2.00 bits per heavy atom. The second-order valence-electron chi connectivity index (χ2n) is 3.61. The van der Waals surface area contributed by atoms with E-state index in [0.717, 1.165) is 6.42 Å². The standard InChI is InChI=1S/C11H22N2O3/c1-4-9(3)13-10(14)6-7-12-8-11(15)16-5-2/h9,12H,4-8H2,1-3H3,(H,13,14). The average Bonchev–Trinajstić information content (AvgIpc) is 2.24. The molecule has 0 aliphatic heterocycles. The second-order valence-corrected chi connectivity index (χ2v) is 3.61. The molecule has 0 aromatic carbocycles. The highest BCUT2D eigenvalue weighted by atomic mass is 16.5. The van der Waals surface area contributed by atoms with Crippen molar-refractivity contribution in [3.8, 4) is 0 Å². The van der Waals surface area contributed by atoms with Crippen molar-refractivity contribution in [1.82, 2.24) is 10.6 Å². The van der Waals surface area contributed by atoms with Crippen molar-refractivity contribution in [2.75, 3.05) is 19.7 Å². The van der Waals surface area contributed by atoms with Gasteiger partial charge in [0.05, 0.1) is 13.2 Å². The number of hydrogen-bond acceptors (Lipinski definition) is 4. The van der Waals surface area contributed by atoms with Gasteiger partial charge in [-0.2, -0.15) is 0 Å². The van der Waals surface area contributed by atoms with E-state index in [1.807, 2.05) is 13.8 Å². The van der Waals surface area contributed by atoms with Crippen LogP contribution in [0.25, 0.3) is 0 Å². The van der Waals surface area contributed by atoms with E-state index in [1.165, 1.54) is 0 Å². The first-order chi connectivity index (χ1) is 7.60. The molecule has 0 aromatic rings. The fourth-order valence-electron chi connectivity index (χ4n) is 1.05. The Morgan fingerprint density at radius 3 is 2.56 bits per heavy atom. The molecule has 94 valence electrons. The second kappa shape index (κ2) is 9.15. The Hall–Kier alpha value is -1.10. The van der Waals surface area contributed by atoms with Crippen LogP contribution in [0.4, 0.5) is 0 Å². The molecule has 5 nitrogen and oxygen atoms in total. The van der Waals surface area contributed by atoms with Crippen LogP contribution >= 0.6 is 0 Å². The molecular formula is C11H22N2O3. The van der Waals surface area contributed by atoms with Crippen molar-refractivity contribution in [3.05, 3.63) is 0 Å². The normalized spacial score (nSPS) is 11.9. The first kappa shape index (κ1) is 14.9. The maximum absolute atomic E-state index is 11.3. The van der Waals surface area contributed by atoms with Crippen LogP contribution in [0, 0.1) is 0 Å². The summed E-state index contributed by atoms with van der Waals surface area (Å²) in [5.74, 6) is -0.282. The minimum absolute atomic E-state index is 0.00529. The van der Waals surface area contributed by atoms with Gasteiger partial charge in [0.15, 0.2) is 0 Å². The van der Waals surface area contributed by atoms with Crippen molar-refractivity contribution < 1.29 is 14.3 Å². The van der Waals surface area contributed by atoms with Crippen LogP contribution < -0.4 is 10.6 Å². The molecule has 16 heavy (non-hydrogen) atoms. The fraction of sp³-hybridized carbons (Fsp3) is 0.818.